The Hall–Kier alpha value is -3.43. The number of nitrogens with two attached hydrogens (primary N) is 1. The summed E-state index contributed by atoms with van der Waals surface area (Å²) in [6.07, 6.45) is 3.30. The van der Waals surface area contributed by atoms with Gasteiger partial charge in [0.1, 0.15) is 11.4 Å². The van der Waals surface area contributed by atoms with Crippen molar-refractivity contribution in [2.45, 2.75) is 70.4 Å². The molecule has 1 aromatic heterocycles. The molecule has 1 atom stereocenters. The number of carbonyl (C=O) groups is 2. The van der Waals surface area contributed by atoms with E-state index in [-0.39, 0.29) is 24.3 Å². The van der Waals surface area contributed by atoms with Gasteiger partial charge in [-0.3, -0.25) is 4.79 Å². The smallest absolute Gasteiger partial charge is 0.407 e. The monoisotopic (exact) mass is 495 g/mol. The molecular weight excluding hydrogens is 458 g/mol. The third-order valence-corrected chi connectivity index (χ3v) is 6.28. The van der Waals surface area contributed by atoms with Gasteiger partial charge in [-0.15, -0.1) is 0 Å². The van der Waals surface area contributed by atoms with Crippen molar-refractivity contribution in [1.29, 1.82) is 0 Å². The Morgan fingerprint density at radius 1 is 1.08 bits per heavy atom. The van der Waals surface area contributed by atoms with Gasteiger partial charge in [0.05, 0.1) is 0 Å². The standard InChI is InChI=1S/C26H37N7O3/c1-26(2,3)36-25(35)28-20(12-9-18-7-5-4-6-8-18)17-21(34)32-13-15-33(16-14-32)24-30-22(19-10-11-19)29-23(27)31-24/h4-8,19-20H,9-17H2,1-3H3,(H,28,35)(H2,27,29,30,31)/t20-/m0/s1. The van der Waals surface area contributed by atoms with Gasteiger partial charge in [-0.2, -0.15) is 15.0 Å². The summed E-state index contributed by atoms with van der Waals surface area (Å²) in [5.41, 5.74) is 6.47. The normalized spacial score (nSPS) is 17.0. The van der Waals surface area contributed by atoms with Crippen molar-refractivity contribution in [3.8, 4) is 0 Å². The largest absolute Gasteiger partial charge is 0.444 e. The molecule has 2 fully saturated rings. The van der Waals surface area contributed by atoms with Gasteiger partial charge in [-0.1, -0.05) is 30.3 Å². The molecule has 0 bridgehead atoms. The molecule has 2 heterocycles. The number of amides is 2. The molecule has 0 radical (unpaired) electrons. The van der Waals surface area contributed by atoms with Gasteiger partial charge in [-0.05, 0) is 52.0 Å². The summed E-state index contributed by atoms with van der Waals surface area (Å²) in [5, 5.41) is 2.92. The summed E-state index contributed by atoms with van der Waals surface area (Å²) < 4.78 is 5.44. The number of nitrogen functional groups attached to an aromatic ring is 1. The molecule has 194 valence electrons. The lowest BCUT2D eigenvalue weighted by atomic mass is 10.0. The quantitative estimate of drug-likeness (QED) is 0.572. The molecule has 1 aliphatic heterocycles. The van der Waals surface area contributed by atoms with Crippen LogP contribution in [-0.4, -0.2) is 69.7 Å². The zero-order valence-corrected chi connectivity index (χ0v) is 21.4. The van der Waals surface area contributed by atoms with Crippen LogP contribution in [-0.2, 0) is 16.0 Å². The molecule has 2 aromatic rings. The molecule has 1 saturated heterocycles. The highest BCUT2D eigenvalue weighted by Crippen LogP contribution is 2.38. The minimum Gasteiger partial charge on any atom is -0.444 e. The van der Waals surface area contributed by atoms with Crippen LogP contribution >= 0.6 is 0 Å². The van der Waals surface area contributed by atoms with Crippen molar-refractivity contribution in [2.75, 3.05) is 36.8 Å². The second-order valence-electron chi connectivity index (χ2n) is 10.6. The number of benzene rings is 1. The lowest BCUT2D eigenvalue weighted by Gasteiger charge is -2.35. The lowest BCUT2D eigenvalue weighted by Crippen LogP contribution is -2.51. The zero-order valence-electron chi connectivity index (χ0n) is 21.4. The highest BCUT2D eigenvalue weighted by molar-refractivity contribution is 5.78. The van der Waals surface area contributed by atoms with Gasteiger partial charge in [0.15, 0.2) is 0 Å². The summed E-state index contributed by atoms with van der Waals surface area (Å²) in [6.45, 7) is 7.82. The van der Waals surface area contributed by atoms with E-state index in [1.807, 2.05) is 56.0 Å². The molecule has 1 saturated carbocycles. The Morgan fingerprint density at radius 2 is 1.78 bits per heavy atom. The van der Waals surface area contributed by atoms with Crippen LogP contribution in [0.4, 0.5) is 16.7 Å². The van der Waals surface area contributed by atoms with E-state index in [0.29, 0.717) is 44.5 Å². The number of alkyl carbamates (subject to hydrolysis) is 1. The Kier molecular flexibility index (Phi) is 7.91. The van der Waals surface area contributed by atoms with Crippen LogP contribution in [0.2, 0.25) is 0 Å². The Morgan fingerprint density at radius 3 is 2.42 bits per heavy atom. The van der Waals surface area contributed by atoms with Crippen LogP contribution in [0.1, 0.15) is 63.8 Å². The number of nitrogens with zero attached hydrogens (tertiary/aromatic N) is 5. The molecule has 0 unspecified atom stereocenters. The molecule has 1 aromatic carbocycles. The second-order valence-corrected chi connectivity index (χ2v) is 10.6. The maximum absolute atomic E-state index is 13.2. The number of ether oxygens (including phenoxy) is 1. The predicted molar refractivity (Wildman–Crippen MR) is 138 cm³/mol. The van der Waals surface area contributed by atoms with Crippen molar-refractivity contribution in [1.82, 2.24) is 25.2 Å². The number of aromatic nitrogens is 3. The van der Waals surface area contributed by atoms with Crippen LogP contribution < -0.4 is 16.0 Å². The first-order chi connectivity index (χ1) is 17.2. The van der Waals surface area contributed by atoms with E-state index in [0.717, 1.165) is 30.7 Å². The van der Waals surface area contributed by atoms with Crippen LogP contribution in [0.15, 0.2) is 30.3 Å². The van der Waals surface area contributed by atoms with Crippen molar-refractivity contribution in [2.24, 2.45) is 0 Å². The summed E-state index contributed by atoms with van der Waals surface area (Å²) in [4.78, 5) is 42.7. The number of hydrogen-bond donors (Lipinski definition) is 2. The van der Waals surface area contributed by atoms with Crippen LogP contribution in [0.25, 0.3) is 0 Å². The first kappa shape index (κ1) is 25.7. The summed E-state index contributed by atoms with van der Waals surface area (Å²) >= 11 is 0. The Balaban J connectivity index is 1.33. The first-order valence-electron chi connectivity index (χ1n) is 12.7. The van der Waals surface area contributed by atoms with Crippen molar-refractivity contribution < 1.29 is 14.3 Å². The van der Waals surface area contributed by atoms with Gasteiger partial charge >= 0.3 is 6.09 Å². The minimum atomic E-state index is -0.605. The van der Waals surface area contributed by atoms with Gasteiger partial charge in [-0.25, -0.2) is 4.79 Å². The number of piperazine rings is 1. The third kappa shape index (κ3) is 7.53. The first-order valence-corrected chi connectivity index (χ1v) is 12.7. The molecule has 36 heavy (non-hydrogen) atoms. The molecule has 1 aliphatic carbocycles. The van der Waals surface area contributed by atoms with Crippen molar-refractivity contribution in [3.05, 3.63) is 41.7 Å². The fourth-order valence-electron chi connectivity index (χ4n) is 4.24. The Bertz CT molecular complexity index is 1050. The fourth-order valence-corrected chi connectivity index (χ4v) is 4.24. The average Bonchev–Trinajstić information content (AvgIpc) is 3.67. The molecule has 0 spiro atoms. The molecule has 10 heteroatoms. The SMILES string of the molecule is CC(C)(C)OC(=O)N[C@@H](CCc1ccccc1)CC(=O)N1CCN(c2nc(N)nc(C3CC3)n2)CC1. The van der Waals surface area contributed by atoms with E-state index in [9.17, 15) is 9.59 Å². The number of anilines is 2. The van der Waals surface area contributed by atoms with Crippen LogP contribution in [0.3, 0.4) is 0 Å². The average molecular weight is 496 g/mol. The van der Waals surface area contributed by atoms with Crippen LogP contribution in [0.5, 0.6) is 0 Å². The van der Waals surface area contributed by atoms with Gasteiger partial charge in [0.2, 0.25) is 17.8 Å². The van der Waals surface area contributed by atoms with E-state index in [4.69, 9.17) is 10.5 Å². The maximum Gasteiger partial charge on any atom is 0.407 e. The topological polar surface area (TPSA) is 127 Å². The van der Waals surface area contributed by atoms with Crippen molar-refractivity contribution in [3.63, 3.8) is 0 Å². The van der Waals surface area contributed by atoms with E-state index in [1.54, 1.807) is 0 Å². The van der Waals surface area contributed by atoms with E-state index in [1.165, 1.54) is 0 Å². The second kappa shape index (κ2) is 11.1. The van der Waals surface area contributed by atoms with E-state index < -0.39 is 11.7 Å². The summed E-state index contributed by atoms with van der Waals surface area (Å²) in [6, 6.07) is 9.73. The molecule has 3 N–H and O–H groups in total. The number of carbonyl (C=O) groups excluding carboxylic acids is 2. The summed E-state index contributed by atoms with van der Waals surface area (Å²) in [7, 11) is 0. The number of rotatable bonds is 8. The lowest BCUT2D eigenvalue weighted by molar-refractivity contribution is -0.132. The predicted octanol–water partition coefficient (Wildman–Crippen LogP) is 2.90. The molecule has 10 nitrogen and oxygen atoms in total. The number of aryl methyl sites for hydroxylation is 1. The van der Waals surface area contributed by atoms with Crippen LogP contribution in [0, 0.1) is 0 Å². The molecule has 2 amide bonds. The maximum atomic E-state index is 13.2. The zero-order chi connectivity index (χ0) is 25.7. The molecule has 2 aliphatic rings. The van der Waals surface area contributed by atoms with Gasteiger partial charge in [0, 0.05) is 44.6 Å². The van der Waals surface area contributed by atoms with E-state index in [2.05, 4.69) is 25.2 Å². The Labute approximate surface area is 212 Å². The third-order valence-electron chi connectivity index (χ3n) is 6.28. The minimum absolute atomic E-state index is 0.0117. The fraction of sp³-hybridized carbons (Fsp3) is 0.577. The van der Waals surface area contributed by atoms with Crippen molar-refractivity contribution >= 4 is 23.9 Å². The van der Waals surface area contributed by atoms with E-state index >= 15 is 0 Å². The van der Waals surface area contributed by atoms with Gasteiger partial charge in [0.25, 0.3) is 0 Å². The summed E-state index contributed by atoms with van der Waals surface area (Å²) in [5.74, 6) is 2.00. The highest BCUT2D eigenvalue weighted by Gasteiger charge is 2.30. The molecular formula is C26H37N7O3. The highest BCUT2D eigenvalue weighted by atomic mass is 16.6. The van der Waals surface area contributed by atoms with Gasteiger partial charge < -0.3 is 25.6 Å². The molecule has 4 rings (SSSR count). The number of nitrogens with one attached hydrogen (secondary N) is 1. The number of hydrogen-bond acceptors (Lipinski definition) is 8.